The lowest BCUT2D eigenvalue weighted by Crippen LogP contribution is -2.31. The van der Waals surface area contributed by atoms with Crippen molar-refractivity contribution < 1.29 is 24.2 Å². The molecule has 3 heterocycles. The number of aromatic nitrogens is 2. The van der Waals surface area contributed by atoms with Gasteiger partial charge in [0.15, 0.2) is 10.6 Å². The van der Waals surface area contributed by atoms with Crippen LogP contribution < -0.4 is 4.90 Å². The fraction of sp³-hybridized carbons (Fsp3) is 0.241. The first kappa shape index (κ1) is 25.8. The maximum Gasteiger partial charge on any atom is 0.266 e. The molecule has 0 aliphatic carbocycles. The Hall–Kier alpha value is -3.41. The number of aliphatic hydroxyl groups excluding tert-OH is 1. The number of rotatable bonds is 7. The van der Waals surface area contributed by atoms with Gasteiger partial charge in [-0.05, 0) is 42.3 Å². The van der Waals surface area contributed by atoms with Crippen molar-refractivity contribution in [1.29, 1.82) is 0 Å². The molecule has 6 rings (SSSR count). The third-order valence-electron chi connectivity index (χ3n) is 6.73. The molecule has 1 fully saturated rings. The smallest absolute Gasteiger partial charge is 0.266 e. The SMILES string of the molecule is Cc1nnc(SCC2CC(c3ccc(CO)cc3)OC(c3ccc(N4C(=O)c5ccccc5C4=O)cc3)O2)s1. The van der Waals surface area contributed by atoms with E-state index in [9.17, 15) is 14.7 Å². The third-order valence-corrected chi connectivity index (χ3v) is 8.84. The molecule has 3 atom stereocenters. The maximum absolute atomic E-state index is 12.9. The predicted octanol–water partition coefficient (Wildman–Crippen LogP) is 5.48. The molecule has 10 heteroatoms. The van der Waals surface area contributed by atoms with E-state index < -0.39 is 6.29 Å². The van der Waals surface area contributed by atoms with Crippen LogP contribution >= 0.6 is 23.1 Å². The summed E-state index contributed by atoms with van der Waals surface area (Å²) in [4.78, 5) is 27.0. The summed E-state index contributed by atoms with van der Waals surface area (Å²) in [5.41, 5.74) is 3.94. The molecule has 0 saturated carbocycles. The summed E-state index contributed by atoms with van der Waals surface area (Å²) in [6.45, 7) is 1.91. The van der Waals surface area contributed by atoms with Gasteiger partial charge in [-0.25, -0.2) is 4.90 Å². The lowest BCUT2D eigenvalue weighted by molar-refractivity contribution is -0.245. The third kappa shape index (κ3) is 5.26. The molecule has 1 aromatic heterocycles. The molecule has 0 spiro atoms. The normalized spacial score (nSPS) is 20.9. The van der Waals surface area contributed by atoms with E-state index >= 15 is 0 Å². The van der Waals surface area contributed by atoms with Gasteiger partial charge in [0.25, 0.3) is 11.8 Å². The van der Waals surface area contributed by atoms with Crippen molar-refractivity contribution in [3.8, 4) is 0 Å². The van der Waals surface area contributed by atoms with Gasteiger partial charge in [0.1, 0.15) is 5.01 Å². The van der Waals surface area contributed by atoms with Crippen LogP contribution in [0.3, 0.4) is 0 Å². The topological polar surface area (TPSA) is 102 Å². The molecule has 2 amide bonds. The number of thioether (sulfide) groups is 1. The summed E-state index contributed by atoms with van der Waals surface area (Å²) in [7, 11) is 0. The standard InChI is InChI=1S/C29H25N3O5S2/c1-17-30-31-29(39-17)38-16-22-14-25(19-8-6-18(15-33)7-9-19)37-28(36-22)20-10-12-21(13-11-20)32-26(34)23-4-2-3-5-24(23)27(32)35/h2-13,22,25,28,33H,14-16H2,1H3. The lowest BCUT2D eigenvalue weighted by atomic mass is 10.0. The van der Waals surface area contributed by atoms with Gasteiger partial charge in [-0.2, -0.15) is 0 Å². The van der Waals surface area contributed by atoms with Crippen molar-refractivity contribution in [1.82, 2.24) is 10.2 Å². The quantitative estimate of drug-likeness (QED) is 0.235. The van der Waals surface area contributed by atoms with E-state index in [1.807, 2.05) is 43.3 Å². The van der Waals surface area contributed by atoms with E-state index in [2.05, 4.69) is 10.2 Å². The van der Waals surface area contributed by atoms with Crippen LogP contribution in [0.25, 0.3) is 0 Å². The van der Waals surface area contributed by atoms with Crippen molar-refractivity contribution >= 4 is 40.6 Å². The van der Waals surface area contributed by atoms with E-state index in [4.69, 9.17) is 9.47 Å². The molecule has 2 aliphatic heterocycles. The van der Waals surface area contributed by atoms with E-state index in [0.717, 1.165) is 26.0 Å². The molecule has 1 N–H and O–H groups in total. The minimum atomic E-state index is -0.640. The number of fused-ring (bicyclic) bond motifs is 1. The molecule has 1 saturated heterocycles. The highest BCUT2D eigenvalue weighted by Crippen LogP contribution is 2.40. The number of aliphatic hydroxyl groups is 1. The van der Waals surface area contributed by atoms with Gasteiger partial charge in [0.2, 0.25) is 0 Å². The highest BCUT2D eigenvalue weighted by Gasteiger charge is 2.37. The van der Waals surface area contributed by atoms with E-state index in [1.165, 1.54) is 4.90 Å². The second-order valence-electron chi connectivity index (χ2n) is 9.33. The first-order chi connectivity index (χ1) is 19.0. The summed E-state index contributed by atoms with van der Waals surface area (Å²) in [6, 6.07) is 21.7. The molecular formula is C29H25N3O5S2. The molecule has 198 valence electrons. The Bertz CT molecular complexity index is 1470. The Morgan fingerprint density at radius 1 is 0.923 bits per heavy atom. The zero-order valence-electron chi connectivity index (χ0n) is 21.0. The highest BCUT2D eigenvalue weighted by molar-refractivity contribution is 8.01. The van der Waals surface area contributed by atoms with E-state index in [0.29, 0.717) is 29.0 Å². The summed E-state index contributed by atoms with van der Waals surface area (Å²) in [5.74, 6) is 0.0279. The average Bonchev–Trinajstić information content (AvgIpc) is 3.51. The molecule has 39 heavy (non-hydrogen) atoms. The van der Waals surface area contributed by atoms with Crippen molar-refractivity contribution in [3.63, 3.8) is 0 Å². The van der Waals surface area contributed by atoms with Gasteiger partial charge in [-0.1, -0.05) is 71.6 Å². The summed E-state index contributed by atoms with van der Waals surface area (Å²) in [5, 5.41) is 18.7. The van der Waals surface area contributed by atoms with Gasteiger partial charge in [0, 0.05) is 17.7 Å². The Kier molecular flexibility index (Phi) is 7.28. The Labute approximate surface area is 233 Å². The number of amides is 2. The second-order valence-corrected chi connectivity index (χ2v) is 11.8. The van der Waals surface area contributed by atoms with Crippen molar-refractivity contribution in [2.45, 2.75) is 42.8 Å². The minimum Gasteiger partial charge on any atom is -0.392 e. The molecule has 0 bridgehead atoms. The summed E-state index contributed by atoms with van der Waals surface area (Å²) in [6.07, 6.45) is -0.308. The molecular weight excluding hydrogens is 534 g/mol. The zero-order chi connectivity index (χ0) is 26.9. The van der Waals surface area contributed by atoms with Crippen LogP contribution in [0.1, 0.15) is 61.2 Å². The van der Waals surface area contributed by atoms with Crippen LogP contribution in [0.15, 0.2) is 77.1 Å². The van der Waals surface area contributed by atoms with Gasteiger partial charge in [0.05, 0.1) is 35.6 Å². The molecule has 4 aromatic rings. The van der Waals surface area contributed by atoms with Crippen LogP contribution in [0.4, 0.5) is 5.69 Å². The summed E-state index contributed by atoms with van der Waals surface area (Å²) >= 11 is 3.17. The van der Waals surface area contributed by atoms with Crippen LogP contribution in [-0.2, 0) is 16.1 Å². The number of ether oxygens (including phenoxy) is 2. The van der Waals surface area contributed by atoms with E-state index in [-0.39, 0.29) is 30.6 Å². The van der Waals surface area contributed by atoms with Crippen LogP contribution in [0.5, 0.6) is 0 Å². The molecule has 0 radical (unpaired) electrons. The second kappa shape index (κ2) is 11.0. The highest BCUT2D eigenvalue weighted by atomic mass is 32.2. The molecule has 3 aromatic carbocycles. The van der Waals surface area contributed by atoms with Gasteiger partial charge >= 0.3 is 0 Å². The predicted molar refractivity (Wildman–Crippen MR) is 148 cm³/mol. The number of benzene rings is 3. The first-order valence-electron chi connectivity index (χ1n) is 12.5. The van der Waals surface area contributed by atoms with E-state index in [1.54, 1.807) is 59.5 Å². The summed E-state index contributed by atoms with van der Waals surface area (Å²) < 4.78 is 13.7. The largest absolute Gasteiger partial charge is 0.392 e. The number of aryl methyl sites for hydroxylation is 1. The molecule has 8 nitrogen and oxygen atoms in total. The van der Waals surface area contributed by atoms with Crippen molar-refractivity contribution in [3.05, 3.63) is 106 Å². The average molecular weight is 560 g/mol. The maximum atomic E-state index is 12.9. The fourth-order valence-electron chi connectivity index (χ4n) is 4.73. The number of hydrogen-bond donors (Lipinski definition) is 1. The minimum absolute atomic E-state index is 0.0163. The zero-order valence-corrected chi connectivity index (χ0v) is 22.7. The van der Waals surface area contributed by atoms with Gasteiger partial charge < -0.3 is 14.6 Å². The number of nitrogens with zero attached hydrogens (tertiary/aromatic N) is 3. The Morgan fingerprint density at radius 2 is 1.59 bits per heavy atom. The van der Waals surface area contributed by atoms with Gasteiger partial charge in [-0.3, -0.25) is 9.59 Å². The van der Waals surface area contributed by atoms with Crippen LogP contribution in [-0.4, -0.2) is 39.0 Å². The molecule has 2 aliphatic rings. The number of carbonyl (C=O) groups excluding carboxylic acids is 2. The van der Waals surface area contributed by atoms with Crippen molar-refractivity contribution in [2.75, 3.05) is 10.7 Å². The van der Waals surface area contributed by atoms with Gasteiger partial charge in [-0.15, -0.1) is 10.2 Å². The number of carbonyl (C=O) groups is 2. The van der Waals surface area contributed by atoms with Crippen molar-refractivity contribution in [2.24, 2.45) is 0 Å². The Balaban J connectivity index is 1.23. The monoisotopic (exact) mass is 559 g/mol. The number of hydrogen-bond acceptors (Lipinski definition) is 9. The number of anilines is 1. The van der Waals surface area contributed by atoms with Crippen LogP contribution in [0, 0.1) is 6.92 Å². The lowest BCUT2D eigenvalue weighted by Gasteiger charge is -2.36. The Morgan fingerprint density at radius 3 is 2.21 bits per heavy atom. The first-order valence-corrected chi connectivity index (χ1v) is 14.3. The van der Waals surface area contributed by atoms with Crippen LogP contribution in [0.2, 0.25) is 0 Å². The molecule has 3 unspecified atom stereocenters. The number of imide groups is 1. The fourth-order valence-corrected chi connectivity index (χ4v) is 6.59.